The summed E-state index contributed by atoms with van der Waals surface area (Å²) in [5.74, 6) is 0. The zero-order valence-corrected chi connectivity index (χ0v) is 10.5. The van der Waals surface area contributed by atoms with E-state index in [1.54, 1.807) is 12.1 Å². The summed E-state index contributed by atoms with van der Waals surface area (Å²) in [6, 6.07) is 6.91. The highest BCUT2D eigenvalue weighted by Gasteiger charge is 2.22. The molecule has 1 aromatic rings. The summed E-state index contributed by atoms with van der Waals surface area (Å²) in [6.07, 6.45) is 0. The maximum atomic E-state index is 11.0. The summed E-state index contributed by atoms with van der Waals surface area (Å²) < 4.78 is 0. The second-order valence-corrected chi connectivity index (χ2v) is 4.46. The zero-order chi connectivity index (χ0) is 13.1. The highest BCUT2D eigenvalue weighted by molar-refractivity contribution is 5.63. The van der Waals surface area contributed by atoms with E-state index < -0.39 is 0 Å². The molecule has 0 bridgehead atoms. The van der Waals surface area contributed by atoms with Gasteiger partial charge in [-0.25, -0.2) is 0 Å². The van der Waals surface area contributed by atoms with Crippen LogP contribution in [0, 0.1) is 10.1 Å². The van der Waals surface area contributed by atoms with Crippen molar-refractivity contribution in [3.05, 3.63) is 46.7 Å². The van der Waals surface area contributed by atoms with Crippen LogP contribution in [0.3, 0.4) is 0 Å². The molecule has 0 radical (unpaired) electrons. The molecule has 96 valence electrons. The molecule has 2 rings (SSSR count). The lowest BCUT2D eigenvalue weighted by Gasteiger charge is -2.37. The van der Waals surface area contributed by atoms with E-state index in [9.17, 15) is 10.1 Å². The van der Waals surface area contributed by atoms with E-state index in [0.29, 0.717) is 5.69 Å². The quantitative estimate of drug-likeness (QED) is 0.607. The Bertz CT molecular complexity index is 465. The molecule has 1 saturated heterocycles. The van der Waals surface area contributed by atoms with Gasteiger partial charge in [-0.1, -0.05) is 18.7 Å². The van der Waals surface area contributed by atoms with Gasteiger partial charge in [-0.3, -0.25) is 10.1 Å². The van der Waals surface area contributed by atoms with Crippen molar-refractivity contribution in [2.45, 2.75) is 6.92 Å². The smallest absolute Gasteiger partial charge is 0.292 e. The van der Waals surface area contributed by atoms with Gasteiger partial charge in [0, 0.05) is 37.9 Å². The molecule has 1 aliphatic rings. The van der Waals surface area contributed by atoms with Gasteiger partial charge in [0.1, 0.15) is 5.69 Å². The maximum absolute atomic E-state index is 11.0. The third-order valence-corrected chi connectivity index (χ3v) is 3.24. The summed E-state index contributed by atoms with van der Waals surface area (Å²) >= 11 is 0. The van der Waals surface area contributed by atoms with Crippen LogP contribution in [0.1, 0.15) is 6.92 Å². The van der Waals surface area contributed by atoms with Crippen LogP contribution in [0.4, 0.5) is 11.4 Å². The third kappa shape index (κ3) is 2.45. The van der Waals surface area contributed by atoms with Crippen LogP contribution in [0.15, 0.2) is 36.5 Å². The number of para-hydroxylation sites is 2. The average molecular weight is 247 g/mol. The lowest BCUT2D eigenvalue weighted by molar-refractivity contribution is -0.384. The first kappa shape index (κ1) is 12.4. The van der Waals surface area contributed by atoms with Gasteiger partial charge in [-0.15, -0.1) is 0 Å². The summed E-state index contributed by atoms with van der Waals surface area (Å²) in [4.78, 5) is 14.9. The number of piperazine rings is 1. The van der Waals surface area contributed by atoms with E-state index in [1.165, 1.54) is 0 Å². The number of hydrogen-bond acceptors (Lipinski definition) is 4. The molecule has 0 N–H and O–H groups in total. The molecule has 1 fully saturated rings. The lowest BCUT2D eigenvalue weighted by atomic mass is 10.2. The molecule has 1 aromatic carbocycles. The predicted molar refractivity (Wildman–Crippen MR) is 71.7 cm³/mol. The van der Waals surface area contributed by atoms with E-state index in [-0.39, 0.29) is 10.6 Å². The van der Waals surface area contributed by atoms with Crippen molar-refractivity contribution >= 4 is 11.4 Å². The first-order valence-electron chi connectivity index (χ1n) is 5.98. The van der Waals surface area contributed by atoms with Gasteiger partial charge in [-0.2, -0.15) is 0 Å². The number of nitro groups is 1. The number of benzene rings is 1. The number of nitro benzene ring substituents is 1. The Kier molecular flexibility index (Phi) is 3.50. The molecule has 1 heterocycles. The van der Waals surface area contributed by atoms with Crippen molar-refractivity contribution in [3.8, 4) is 0 Å². The molecule has 0 aromatic heterocycles. The Labute approximate surface area is 106 Å². The molecule has 0 saturated carbocycles. The van der Waals surface area contributed by atoms with E-state index >= 15 is 0 Å². The molecule has 0 unspecified atom stereocenters. The summed E-state index contributed by atoms with van der Waals surface area (Å²) in [5, 5.41) is 11.0. The minimum Gasteiger partial charge on any atom is -0.372 e. The molecule has 18 heavy (non-hydrogen) atoms. The van der Waals surface area contributed by atoms with E-state index in [2.05, 4.69) is 16.4 Å². The second kappa shape index (κ2) is 5.08. The molecule has 0 atom stereocenters. The highest BCUT2D eigenvalue weighted by Crippen LogP contribution is 2.28. The van der Waals surface area contributed by atoms with Crippen LogP contribution in [0.2, 0.25) is 0 Å². The highest BCUT2D eigenvalue weighted by atomic mass is 16.6. The van der Waals surface area contributed by atoms with Crippen LogP contribution >= 0.6 is 0 Å². The lowest BCUT2D eigenvalue weighted by Crippen LogP contribution is -2.45. The molecule has 5 nitrogen and oxygen atoms in total. The van der Waals surface area contributed by atoms with Crippen molar-refractivity contribution in [2.75, 3.05) is 31.1 Å². The van der Waals surface area contributed by atoms with Gasteiger partial charge in [0.05, 0.1) is 4.92 Å². The van der Waals surface area contributed by atoms with Crippen molar-refractivity contribution in [1.29, 1.82) is 0 Å². The van der Waals surface area contributed by atoms with Crippen LogP contribution in [0.25, 0.3) is 0 Å². The Balaban J connectivity index is 2.15. The van der Waals surface area contributed by atoms with Crippen LogP contribution < -0.4 is 4.90 Å². The average Bonchev–Trinajstić information content (AvgIpc) is 2.39. The Morgan fingerprint density at radius 3 is 2.44 bits per heavy atom. The van der Waals surface area contributed by atoms with E-state index in [0.717, 1.165) is 31.9 Å². The zero-order valence-electron chi connectivity index (χ0n) is 10.5. The maximum Gasteiger partial charge on any atom is 0.292 e. The SMILES string of the molecule is C=C(C)N1CCN(c2ccccc2[N+](=O)[O-])CC1. The Morgan fingerprint density at radius 2 is 1.89 bits per heavy atom. The largest absolute Gasteiger partial charge is 0.372 e. The van der Waals surface area contributed by atoms with Crippen LogP contribution in [0.5, 0.6) is 0 Å². The minimum atomic E-state index is -0.319. The first-order valence-corrected chi connectivity index (χ1v) is 5.98. The van der Waals surface area contributed by atoms with Crippen molar-refractivity contribution in [3.63, 3.8) is 0 Å². The topological polar surface area (TPSA) is 49.6 Å². The van der Waals surface area contributed by atoms with Crippen molar-refractivity contribution < 1.29 is 4.92 Å². The van der Waals surface area contributed by atoms with Gasteiger partial charge in [0.15, 0.2) is 0 Å². The number of rotatable bonds is 3. The van der Waals surface area contributed by atoms with Gasteiger partial charge in [-0.05, 0) is 13.0 Å². The molecule has 0 spiro atoms. The Hall–Kier alpha value is -2.04. The van der Waals surface area contributed by atoms with Gasteiger partial charge < -0.3 is 9.80 Å². The summed E-state index contributed by atoms with van der Waals surface area (Å²) in [5.41, 5.74) is 1.95. The molecular formula is C13H17N3O2. The molecule has 1 aliphatic heterocycles. The van der Waals surface area contributed by atoms with Crippen LogP contribution in [-0.2, 0) is 0 Å². The standard InChI is InChI=1S/C13H17N3O2/c1-11(2)14-7-9-15(10-8-14)12-5-3-4-6-13(12)16(17)18/h3-6H,1,7-10H2,2H3. The van der Waals surface area contributed by atoms with Gasteiger partial charge in [0.25, 0.3) is 5.69 Å². The molecule has 0 amide bonds. The minimum absolute atomic E-state index is 0.182. The fourth-order valence-electron chi connectivity index (χ4n) is 2.22. The van der Waals surface area contributed by atoms with E-state index in [1.807, 2.05) is 19.1 Å². The summed E-state index contributed by atoms with van der Waals surface area (Å²) in [6.45, 7) is 9.21. The molecular weight excluding hydrogens is 230 g/mol. The monoisotopic (exact) mass is 247 g/mol. The number of hydrogen-bond donors (Lipinski definition) is 0. The third-order valence-electron chi connectivity index (χ3n) is 3.24. The van der Waals surface area contributed by atoms with Gasteiger partial charge >= 0.3 is 0 Å². The number of anilines is 1. The van der Waals surface area contributed by atoms with Crippen molar-refractivity contribution in [1.82, 2.24) is 4.90 Å². The molecule has 5 heteroatoms. The van der Waals surface area contributed by atoms with Gasteiger partial charge in [0.2, 0.25) is 0 Å². The predicted octanol–water partition coefficient (Wildman–Crippen LogP) is 2.25. The summed E-state index contributed by atoms with van der Waals surface area (Å²) in [7, 11) is 0. The van der Waals surface area contributed by atoms with Crippen molar-refractivity contribution in [2.24, 2.45) is 0 Å². The fourth-order valence-corrected chi connectivity index (χ4v) is 2.22. The normalized spacial score (nSPS) is 15.6. The Morgan fingerprint density at radius 1 is 1.28 bits per heavy atom. The number of nitrogens with zero attached hydrogens (tertiary/aromatic N) is 3. The van der Waals surface area contributed by atoms with E-state index in [4.69, 9.17) is 0 Å². The number of allylic oxidation sites excluding steroid dienone is 1. The molecule has 0 aliphatic carbocycles. The van der Waals surface area contributed by atoms with Crippen LogP contribution in [-0.4, -0.2) is 36.0 Å². The first-order chi connectivity index (χ1) is 8.59. The second-order valence-electron chi connectivity index (χ2n) is 4.46. The fraction of sp³-hybridized carbons (Fsp3) is 0.385.